The van der Waals surface area contributed by atoms with E-state index < -0.39 is 0 Å². The Morgan fingerprint density at radius 2 is 2.00 bits per heavy atom. The molecule has 1 aliphatic rings. The third-order valence-corrected chi connectivity index (χ3v) is 4.46. The molecule has 1 atom stereocenters. The third-order valence-electron chi connectivity index (χ3n) is 3.84. The summed E-state index contributed by atoms with van der Waals surface area (Å²) >= 11 is 3.59. The van der Waals surface area contributed by atoms with E-state index in [0.29, 0.717) is 13.2 Å². The third kappa shape index (κ3) is 3.73. The van der Waals surface area contributed by atoms with Gasteiger partial charge >= 0.3 is 0 Å². The van der Waals surface area contributed by atoms with Crippen molar-refractivity contribution in [3.8, 4) is 5.75 Å². The van der Waals surface area contributed by atoms with Crippen LogP contribution in [0, 0.1) is 0 Å². The summed E-state index contributed by atoms with van der Waals surface area (Å²) < 4.78 is 6.57. The van der Waals surface area contributed by atoms with E-state index in [-0.39, 0.29) is 6.04 Å². The van der Waals surface area contributed by atoms with Crippen LogP contribution in [0.3, 0.4) is 0 Å². The van der Waals surface area contributed by atoms with Crippen molar-refractivity contribution in [2.75, 3.05) is 46.4 Å². The van der Waals surface area contributed by atoms with E-state index in [4.69, 9.17) is 10.5 Å². The Bertz CT molecular complexity index is 433. The van der Waals surface area contributed by atoms with E-state index in [9.17, 15) is 0 Å². The zero-order valence-electron chi connectivity index (χ0n) is 12.3. The number of rotatable bonds is 5. The molecule has 0 amide bonds. The predicted molar refractivity (Wildman–Crippen MR) is 86.2 cm³/mol. The van der Waals surface area contributed by atoms with Crippen LogP contribution in [-0.4, -0.2) is 56.2 Å². The molecule has 0 bridgehead atoms. The molecule has 0 radical (unpaired) electrons. The number of benzene rings is 1. The maximum atomic E-state index is 6.02. The summed E-state index contributed by atoms with van der Waals surface area (Å²) in [5, 5.41) is 0. The van der Waals surface area contributed by atoms with Crippen molar-refractivity contribution < 1.29 is 4.74 Å². The Balaban J connectivity index is 2.13. The second-order valence-electron chi connectivity index (χ2n) is 5.21. The van der Waals surface area contributed by atoms with Gasteiger partial charge in [-0.1, -0.05) is 6.07 Å². The lowest BCUT2D eigenvalue weighted by atomic mass is 10.0. The van der Waals surface area contributed by atoms with Crippen LogP contribution in [0.2, 0.25) is 0 Å². The summed E-state index contributed by atoms with van der Waals surface area (Å²) in [5.41, 5.74) is 7.27. The van der Waals surface area contributed by atoms with Crippen molar-refractivity contribution in [3.05, 3.63) is 28.2 Å². The van der Waals surface area contributed by atoms with E-state index in [1.54, 1.807) is 0 Å². The van der Waals surface area contributed by atoms with Crippen LogP contribution in [0.5, 0.6) is 5.75 Å². The van der Waals surface area contributed by atoms with Crippen LogP contribution in [-0.2, 0) is 0 Å². The molecule has 4 nitrogen and oxygen atoms in total. The van der Waals surface area contributed by atoms with Gasteiger partial charge in [-0.2, -0.15) is 0 Å². The monoisotopic (exact) mass is 341 g/mol. The van der Waals surface area contributed by atoms with Crippen molar-refractivity contribution in [3.63, 3.8) is 0 Å². The molecule has 5 heteroatoms. The number of ether oxygens (including phenoxy) is 1. The van der Waals surface area contributed by atoms with Crippen molar-refractivity contribution >= 4 is 15.9 Å². The Kier molecular flexibility index (Phi) is 5.84. The van der Waals surface area contributed by atoms with Gasteiger partial charge in [0, 0.05) is 38.8 Å². The summed E-state index contributed by atoms with van der Waals surface area (Å²) in [6.07, 6.45) is 0. The normalized spacial score (nSPS) is 19.0. The Labute approximate surface area is 130 Å². The number of nitrogens with zero attached hydrogens (tertiary/aromatic N) is 2. The number of piperazine rings is 1. The van der Waals surface area contributed by atoms with Crippen molar-refractivity contribution in [2.24, 2.45) is 5.73 Å². The summed E-state index contributed by atoms with van der Waals surface area (Å²) in [6.45, 7) is 7.67. The molecule has 1 aliphatic heterocycles. The minimum absolute atomic E-state index is 0.288. The van der Waals surface area contributed by atoms with Gasteiger partial charge in [0.25, 0.3) is 0 Å². The second-order valence-corrected chi connectivity index (χ2v) is 6.07. The van der Waals surface area contributed by atoms with Gasteiger partial charge in [0.15, 0.2) is 0 Å². The Morgan fingerprint density at radius 3 is 2.55 bits per heavy atom. The smallest absolute Gasteiger partial charge is 0.133 e. The number of nitrogens with two attached hydrogens (primary N) is 1. The lowest BCUT2D eigenvalue weighted by molar-refractivity contribution is 0.114. The summed E-state index contributed by atoms with van der Waals surface area (Å²) in [5.74, 6) is 0.894. The zero-order valence-corrected chi connectivity index (χ0v) is 13.9. The summed E-state index contributed by atoms with van der Waals surface area (Å²) in [6, 6.07) is 6.59. The first-order valence-electron chi connectivity index (χ1n) is 7.20. The Hall–Kier alpha value is -0.620. The molecule has 20 heavy (non-hydrogen) atoms. The zero-order chi connectivity index (χ0) is 14.5. The van der Waals surface area contributed by atoms with Crippen molar-refractivity contribution in [1.29, 1.82) is 0 Å². The second kappa shape index (κ2) is 7.41. The largest absolute Gasteiger partial charge is 0.493 e. The molecule has 112 valence electrons. The molecular weight excluding hydrogens is 318 g/mol. The summed E-state index contributed by atoms with van der Waals surface area (Å²) in [4.78, 5) is 4.83. The lowest BCUT2D eigenvalue weighted by Crippen LogP contribution is -2.47. The predicted octanol–water partition coefficient (Wildman–Crippen LogP) is 2.10. The number of hydrogen-bond acceptors (Lipinski definition) is 4. The van der Waals surface area contributed by atoms with Gasteiger partial charge in [0.05, 0.1) is 11.1 Å². The highest BCUT2D eigenvalue weighted by Gasteiger charge is 2.23. The highest BCUT2D eigenvalue weighted by molar-refractivity contribution is 9.10. The fourth-order valence-corrected chi connectivity index (χ4v) is 3.14. The first kappa shape index (κ1) is 15.8. The van der Waals surface area contributed by atoms with Crippen molar-refractivity contribution in [1.82, 2.24) is 9.80 Å². The van der Waals surface area contributed by atoms with Gasteiger partial charge in [-0.3, -0.25) is 4.90 Å². The van der Waals surface area contributed by atoms with Crippen LogP contribution in [0.25, 0.3) is 0 Å². The molecule has 2 rings (SSSR count). The lowest BCUT2D eigenvalue weighted by Gasteiger charge is -2.37. The van der Waals surface area contributed by atoms with Gasteiger partial charge < -0.3 is 15.4 Å². The first-order chi connectivity index (χ1) is 9.65. The van der Waals surface area contributed by atoms with E-state index in [0.717, 1.165) is 36.4 Å². The van der Waals surface area contributed by atoms with Crippen LogP contribution < -0.4 is 10.5 Å². The average Bonchev–Trinajstić information content (AvgIpc) is 2.45. The van der Waals surface area contributed by atoms with Gasteiger partial charge in [0.1, 0.15) is 5.75 Å². The highest BCUT2D eigenvalue weighted by atomic mass is 79.9. The first-order valence-corrected chi connectivity index (χ1v) is 8.00. The topological polar surface area (TPSA) is 41.7 Å². The number of halogens is 1. The Morgan fingerprint density at radius 1 is 1.30 bits per heavy atom. The molecule has 1 fully saturated rings. The van der Waals surface area contributed by atoms with Crippen LogP contribution in [0.1, 0.15) is 18.5 Å². The molecule has 1 saturated heterocycles. The molecule has 1 heterocycles. The molecule has 1 aromatic carbocycles. The quantitative estimate of drug-likeness (QED) is 0.890. The number of hydrogen-bond donors (Lipinski definition) is 1. The highest BCUT2D eigenvalue weighted by Crippen LogP contribution is 2.30. The van der Waals surface area contributed by atoms with E-state index in [1.165, 1.54) is 5.56 Å². The van der Waals surface area contributed by atoms with Crippen molar-refractivity contribution in [2.45, 2.75) is 13.0 Å². The van der Waals surface area contributed by atoms with Crippen LogP contribution >= 0.6 is 15.9 Å². The standard InChI is InChI=1S/C15H24BrN3O/c1-3-20-15-5-4-12(10-13(15)16)14(11-17)19-8-6-18(2)7-9-19/h4-5,10,14H,3,6-9,11,17H2,1-2H3. The maximum absolute atomic E-state index is 6.02. The molecule has 2 N–H and O–H groups in total. The fourth-order valence-electron chi connectivity index (χ4n) is 2.63. The van der Waals surface area contributed by atoms with Gasteiger partial charge in [-0.15, -0.1) is 0 Å². The van der Waals surface area contributed by atoms with Crippen LogP contribution in [0.4, 0.5) is 0 Å². The van der Waals surface area contributed by atoms with E-state index >= 15 is 0 Å². The van der Waals surface area contributed by atoms with Gasteiger partial charge in [-0.05, 0) is 47.6 Å². The minimum atomic E-state index is 0.288. The molecule has 0 spiro atoms. The number of likely N-dealkylation sites (N-methyl/N-ethyl adjacent to an activating group) is 1. The maximum Gasteiger partial charge on any atom is 0.133 e. The molecular formula is C15H24BrN3O. The average molecular weight is 342 g/mol. The molecule has 0 saturated carbocycles. The molecule has 1 unspecified atom stereocenters. The van der Waals surface area contributed by atoms with Crippen LogP contribution in [0.15, 0.2) is 22.7 Å². The molecule has 0 aliphatic carbocycles. The van der Waals surface area contributed by atoms with E-state index in [1.807, 2.05) is 13.0 Å². The molecule has 0 aromatic heterocycles. The van der Waals surface area contributed by atoms with E-state index in [2.05, 4.69) is 44.9 Å². The SMILES string of the molecule is CCOc1ccc(C(CN)N2CCN(C)CC2)cc1Br. The van der Waals surface area contributed by atoms with Gasteiger partial charge in [-0.25, -0.2) is 0 Å². The minimum Gasteiger partial charge on any atom is -0.493 e. The summed E-state index contributed by atoms with van der Waals surface area (Å²) in [7, 11) is 2.17. The fraction of sp³-hybridized carbons (Fsp3) is 0.600. The van der Waals surface area contributed by atoms with Gasteiger partial charge in [0.2, 0.25) is 0 Å². The molecule has 1 aromatic rings.